The molecule has 0 atom stereocenters. The van der Waals surface area contributed by atoms with E-state index in [9.17, 15) is 0 Å². The van der Waals surface area contributed by atoms with Crippen LogP contribution < -0.4 is 0 Å². The summed E-state index contributed by atoms with van der Waals surface area (Å²) in [5.74, 6) is 1.78. The lowest BCUT2D eigenvalue weighted by atomic mass is 9.78. The van der Waals surface area contributed by atoms with E-state index in [1.54, 1.807) is 0 Å². The van der Waals surface area contributed by atoms with Crippen LogP contribution in [0.1, 0.15) is 37.6 Å². The maximum absolute atomic E-state index is 5.92. The first-order valence-corrected chi connectivity index (χ1v) is 7.22. The quantitative estimate of drug-likeness (QED) is 0.764. The maximum atomic E-state index is 5.92. The zero-order chi connectivity index (χ0) is 12.8. The van der Waals surface area contributed by atoms with E-state index in [2.05, 4.69) is 36.6 Å². The number of benzene rings is 1. The highest BCUT2D eigenvalue weighted by Gasteiger charge is 2.36. The average molecular weight is 263 g/mol. The molecule has 1 aliphatic carbocycles. The van der Waals surface area contributed by atoms with Gasteiger partial charge >= 0.3 is 0 Å². The number of hydrogen-bond donors (Lipinski definition) is 0. The summed E-state index contributed by atoms with van der Waals surface area (Å²) in [7, 11) is 0. The molecule has 1 aliphatic rings. The Kier molecular flexibility index (Phi) is 2.86. The standard InChI is InChI=1S/C15H19ClN2/c1-11-4-5-12-13(10-11)18(14(17-12)6-9-16)15(2)7-3-8-15/h4-5,10H,3,6-9H2,1-2H3. The van der Waals surface area contributed by atoms with Gasteiger partial charge in [-0.3, -0.25) is 0 Å². The smallest absolute Gasteiger partial charge is 0.111 e. The van der Waals surface area contributed by atoms with Gasteiger partial charge in [-0.25, -0.2) is 4.98 Å². The minimum atomic E-state index is 0.254. The van der Waals surface area contributed by atoms with Crippen molar-refractivity contribution < 1.29 is 0 Å². The third-order valence-electron chi connectivity index (χ3n) is 4.17. The highest BCUT2D eigenvalue weighted by Crippen LogP contribution is 2.41. The van der Waals surface area contributed by atoms with E-state index >= 15 is 0 Å². The molecule has 0 aliphatic heterocycles. The van der Waals surface area contributed by atoms with Crippen molar-refractivity contribution in [3.8, 4) is 0 Å². The number of imidazole rings is 1. The first-order valence-electron chi connectivity index (χ1n) is 6.68. The molecule has 0 bridgehead atoms. The van der Waals surface area contributed by atoms with E-state index in [4.69, 9.17) is 16.6 Å². The molecule has 18 heavy (non-hydrogen) atoms. The Hall–Kier alpha value is -1.02. The molecule has 0 radical (unpaired) electrons. The number of fused-ring (bicyclic) bond motifs is 1. The van der Waals surface area contributed by atoms with Crippen LogP contribution in [0.4, 0.5) is 0 Å². The van der Waals surface area contributed by atoms with Gasteiger partial charge in [-0.15, -0.1) is 11.6 Å². The summed E-state index contributed by atoms with van der Waals surface area (Å²) in [5.41, 5.74) is 3.93. The minimum absolute atomic E-state index is 0.254. The van der Waals surface area contributed by atoms with Crippen LogP contribution in [-0.4, -0.2) is 15.4 Å². The Balaban J connectivity index is 2.23. The van der Waals surface area contributed by atoms with Gasteiger partial charge in [0, 0.05) is 17.8 Å². The summed E-state index contributed by atoms with van der Waals surface area (Å²) in [6.45, 7) is 4.48. The lowest BCUT2D eigenvalue weighted by molar-refractivity contribution is 0.170. The SMILES string of the molecule is Cc1ccc2nc(CCCl)n(C3(C)CCC3)c2c1. The van der Waals surface area contributed by atoms with Crippen molar-refractivity contribution in [2.75, 3.05) is 5.88 Å². The van der Waals surface area contributed by atoms with Crippen molar-refractivity contribution in [3.63, 3.8) is 0 Å². The molecule has 0 saturated heterocycles. The predicted octanol–water partition coefficient (Wildman–Crippen LogP) is 4.03. The molecule has 96 valence electrons. The summed E-state index contributed by atoms with van der Waals surface area (Å²) >= 11 is 5.92. The summed E-state index contributed by atoms with van der Waals surface area (Å²) in [6.07, 6.45) is 4.68. The molecule has 0 N–H and O–H groups in total. The Morgan fingerprint density at radius 3 is 2.78 bits per heavy atom. The van der Waals surface area contributed by atoms with Crippen LogP contribution >= 0.6 is 11.6 Å². The number of alkyl halides is 1. The second-order valence-corrected chi connectivity index (χ2v) is 6.02. The number of hydrogen-bond acceptors (Lipinski definition) is 1. The zero-order valence-electron chi connectivity index (χ0n) is 11.0. The number of aryl methyl sites for hydroxylation is 2. The molecular formula is C15H19ClN2. The number of halogens is 1. The fraction of sp³-hybridized carbons (Fsp3) is 0.533. The van der Waals surface area contributed by atoms with Gasteiger partial charge in [0.1, 0.15) is 5.82 Å². The predicted molar refractivity (Wildman–Crippen MR) is 76.4 cm³/mol. The molecular weight excluding hydrogens is 244 g/mol. The third kappa shape index (κ3) is 1.74. The summed E-state index contributed by atoms with van der Waals surface area (Å²) < 4.78 is 2.45. The van der Waals surface area contributed by atoms with Gasteiger partial charge in [0.25, 0.3) is 0 Å². The van der Waals surface area contributed by atoms with E-state index < -0.39 is 0 Å². The molecule has 3 rings (SSSR count). The summed E-state index contributed by atoms with van der Waals surface area (Å²) in [6, 6.07) is 6.51. The zero-order valence-corrected chi connectivity index (χ0v) is 11.8. The van der Waals surface area contributed by atoms with E-state index in [0.717, 1.165) is 17.8 Å². The molecule has 1 aromatic carbocycles. The first kappa shape index (κ1) is 12.0. The van der Waals surface area contributed by atoms with Crippen molar-refractivity contribution in [1.29, 1.82) is 0 Å². The molecule has 1 saturated carbocycles. The Labute approximate surface area is 113 Å². The average Bonchev–Trinajstić information content (AvgIpc) is 2.64. The summed E-state index contributed by atoms with van der Waals surface area (Å²) in [5, 5.41) is 0. The van der Waals surface area contributed by atoms with Crippen molar-refractivity contribution in [1.82, 2.24) is 9.55 Å². The van der Waals surface area contributed by atoms with Crippen LogP contribution in [0.2, 0.25) is 0 Å². The molecule has 2 nitrogen and oxygen atoms in total. The Morgan fingerprint density at radius 1 is 1.39 bits per heavy atom. The molecule has 0 spiro atoms. The van der Waals surface area contributed by atoms with Gasteiger partial charge in [0.2, 0.25) is 0 Å². The number of rotatable bonds is 3. The fourth-order valence-corrected chi connectivity index (χ4v) is 3.17. The van der Waals surface area contributed by atoms with Crippen LogP contribution in [0, 0.1) is 6.92 Å². The number of nitrogens with zero attached hydrogens (tertiary/aromatic N) is 2. The van der Waals surface area contributed by atoms with Crippen LogP contribution in [-0.2, 0) is 12.0 Å². The second-order valence-electron chi connectivity index (χ2n) is 5.65. The molecule has 1 heterocycles. The van der Waals surface area contributed by atoms with Gasteiger partial charge < -0.3 is 4.57 Å². The normalized spacial score (nSPS) is 17.9. The third-order valence-corrected chi connectivity index (χ3v) is 4.36. The molecule has 3 heteroatoms. The van der Waals surface area contributed by atoms with Crippen molar-refractivity contribution >= 4 is 22.6 Å². The molecule has 1 fully saturated rings. The van der Waals surface area contributed by atoms with Crippen molar-refractivity contribution in [3.05, 3.63) is 29.6 Å². The van der Waals surface area contributed by atoms with Gasteiger partial charge in [0.15, 0.2) is 0 Å². The monoisotopic (exact) mass is 262 g/mol. The largest absolute Gasteiger partial charge is 0.322 e. The van der Waals surface area contributed by atoms with Gasteiger partial charge in [-0.2, -0.15) is 0 Å². The summed E-state index contributed by atoms with van der Waals surface area (Å²) in [4.78, 5) is 4.77. The highest BCUT2D eigenvalue weighted by molar-refractivity contribution is 6.17. The lowest BCUT2D eigenvalue weighted by Crippen LogP contribution is -2.38. The maximum Gasteiger partial charge on any atom is 0.111 e. The Morgan fingerprint density at radius 2 is 2.17 bits per heavy atom. The highest BCUT2D eigenvalue weighted by atomic mass is 35.5. The molecule has 2 aromatic rings. The van der Waals surface area contributed by atoms with Crippen molar-refractivity contribution in [2.45, 2.75) is 45.1 Å². The molecule has 0 amide bonds. The van der Waals surface area contributed by atoms with Gasteiger partial charge in [-0.05, 0) is 50.8 Å². The van der Waals surface area contributed by atoms with Crippen LogP contribution in [0.3, 0.4) is 0 Å². The fourth-order valence-electron chi connectivity index (χ4n) is 3.00. The molecule has 1 aromatic heterocycles. The molecule has 0 unspecified atom stereocenters. The lowest BCUT2D eigenvalue weighted by Gasteiger charge is -2.41. The first-order chi connectivity index (χ1) is 8.64. The van der Waals surface area contributed by atoms with E-state index in [1.165, 1.54) is 30.3 Å². The van der Waals surface area contributed by atoms with E-state index in [0.29, 0.717) is 5.88 Å². The van der Waals surface area contributed by atoms with E-state index in [-0.39, 0.29) is 5.54 Å². The van der Waals surface area contributed by atoms with Crippen LogP contribution in [0.5, 0.6) is 0 Å². The van der Waals surface area contributed by atoms with Gasteiger partial charge in [-0.1, -0.05) is 6.07 Å². The van der Waals surface area contributed by atoms with E-state index in [1.807, 2.05) is 0 Å². The van der Waals surface area contributed by atoms with Crippen LogP contribution in [0.15, 0.2) is 18.2 Å². The van der Waals surface area contributed by atoms with Crippen LogP contribution in [0.25, 0.3) is 11.0 Å². The van der Waals surface area contributed by atoms with Crippen molar-refractivity contribution in [2.24, 2.45) is 0 Å². The number of aromatic nitrogens is 2. The second kappa shape index (κ2) is 4.27. The topological polar surface area (TPSA) is 17.8 Å². The van der Waals surface area contributed by atoms with Gasteiger partial charge in [0.05, 0.1) is 11.0 Å². The minimum Gasteiger partial charge on any atom is -0.322 e. The Bertz CT molecular complexity index is 581.